The van der Waals surface area contributed by atoms with E-state index in [2.05, 4.69) is 6.92 Å². The van der Waals surface area contributed by atoms with Gasteiger partial charge in [0.05, 0.1) is 6.61 Å². The van der Waals surface area contributed by atoms with Crippen molar-refractivity contribution >= 4 is 37.9 Å². The van der Waals surface area contributed by atoms with E-state index in [1.165, 1.54) is 167 Å². The highest BCUT2D eigenvalue weighted by Gasteiger charge is 2.24. The Labute approximate surface area is 239 Å². The molecule has 1 unspecified atom stereocenters. The first-order chi connectivity index (χ1) is 17.6. The second-order valence-electron chi connectivity index (χ2n) is 10.9. The lowest BCUT2D eigenvalue weighted by molar-refractivity contribution is 0.306. The Hall–Kier alpha value is 1.15. The highest BCUT2D eigenvalue weighted by Crippen LogP contribution is 2.51. The van der Waals surface area contributed by atoms with Gasteiger partial charge in [0.15, 0.2) is 0 Å². The quantitative estimate of drug-likeness (QED) is 0.0514. The molecule has 0 aliphatic rings. The summed E-state index contributed by atoms with van der Waals surface area (Å²) in [6.07, 6.45) is 39.3. The second-order valence-corrected chi connectivity index (χ2v) is 17.3. The van der Waals surface area contributed by atoms with E-state index < -0.39 is 5.84 Å². The highest BCUT2D eigenvalue weighted by molar-refractivity contribution is 8.39. The van der Waals surface area contributed by atoms with Gasteiger partial charge in [-0.25, -0.2) is 0 Å². The lowest BCUT2D eigenvalue weighted by Gasteiger charge is -2.05. The van der Waals surface area contributed by atoms with E-state index in [4.69, 9.17) is 26.4 Å². The number of rotatable bonds is 30. The summed E-state index contributed by atoms with van der Waals surface area (Å²) in [5.74, 6) is -2.87. The zero-order valence-electron chi connectivity index (χ0n) is 24.0. The molecule has 0 aliphatic heterocycles. The van der Waals surface area contributed by atoms with Crippen LogP contribution in [0, 0.1) is 0 Å². The fraction of sp³-hybridized carbons (Fsp3) is 1.00. The zero-order chi connectivity index (χ0) is 26.4. The lowest BCUT2D eigenvalue weighted by Crippen LogP contribution is -1.90. The van der Waals surface area contributed by atoms with Gasteiger partial charge in [0, 0.05) is 11.2 Å². The molecule has 0 spiro atoms. The maximum Gasteiger partial charge on any atom is 0.493 e. The van der Waals surface area contributed by atoms with Crippen molar-refractivity contribution in [1.29, 1.82) is 0 Å². The van der Waals surface area contributed by atoms with Crippen LogP contribution in [-0.4, -0.2) is 11.5 Å². The van der Waals surface area contributed by atoms with Gasteiger partial charge in [-0.3, -0.25) is 9.42 Å². The molecule has 0 saturated heterocycles. The summed E-state index contributed by atoms with van der Waals surface area (Å²) < 4.78 is 5.20. The fourth-order valence-electron chi connectivity index (χ4n) is 4.97. The highest BCUT2D eigenvalue weighted by atomic mass is 35.8. The average Bonchev–Trinajstić information content (AvgIpc) is 2.87. The molecule has 0 aromatic rings. The normalized spacial score (nSPS) is 13.2. The molecule has 0 aliphatic carbocycles. The van der Waals surface area contributed by atoms with Crippen LogP contribution in [0.25, 0.3) is 0 Å². The van der Waals surface area contributed by atoms with Crippen LogP contribution in [0.1, 0.15) is 187 Å². The molecule has 1 atom stereocenters. The number of unbranched alkanes of at least 4 members (excludes halogenated alkanes) is 27. The van der Waals surface area contributed by atoms with E-state index in [1.54, 1.807) is 0 Å². The molecule has 1 N–H and O–H groups in total. The predicted molar refractivity (Wildman–Crippen MR) is 169 cm³/mol. The molecule has 2 nitrogen and oxygen atoms in total. The SMILES string of the molecule is CCCCCCCCCCCCCCCCCCCCCCCCCCCCCCOP(O)(Cl)=[S+]Cl. The van der Waals surface area contributed by atoms with Crippen molar-refractivity contribution in [3.8, 4) is 0 Å². The van der Waals surface area contributed by atoms with Crippen LogP contribution in [0.2, 0.25) is 0 Å². The number of hydrogen-bond acceptors (Lipinski definition) is 1. The van der Waals surface area contributed by atoms with Gasteiger partial charge in [0.25, 0.3) is 10.7 Å². The third-order valence-corrected chi connectivity index (χ3v) is 12.1. The van der Waals surface area contributed by atoms with Crippen molar-refractivity contribution in [2.45, 2.75) is 187 Å². The van der Waals surface area contributed by atoms with E-state index in [1.807, 2.05) is 0 Å². The topological polar surface area (TPSA) is 29.5 Å². The van der Waals surface area contributed by atoms with Crippen molar-refractivity contribution in [3.05, 3.63) is 0 Å². The maximum atomic E-state index is 9.51. The van der Waals surface area contributed by atoms with Gasteiger partial charge < -0.3 is 0 Å². The van der Waals surface area contributed by atoms with Crippen LogP contribution in [0.5, 0.6) is 0 Å². The van der Waals surface area contributed by atoms with Crippen LogP contribution in [-0.2, 0) is 14.7 Å². The summed E-state index contributed by atoms with van der Waals surface area (Å²) in [6, 6.07) is 0. The first-order valence-electron chi connectivity index (χ1n) is 15.9. The molecule has 36 heavy (non-hydrogen) atoms. The molecule has 0 amide bonds. The first-order valence-corrected chi connectivity index (χ1v) is 20.7. The molecule has 0 rings (SSSR count). The van der Waals surface area contributed by atoms with E-state index in [-0.39, 0.29) is 0 Å². The summed E-state index contributed by atoms with van der Waals surface area (Å²) in [5.41, 5.74) is 0. The summed E-state index contributed by atoms with van der Waals surface area (Å²) in [5, 5.41) is 0. The Morgan fingerprint density at radius 2 is 0.694 bits per heavy atom. The molecule has 0 fully saturated rings. The lowest BCUT2D eigenvalue weighted by atomic mass is 10.0. The van der Waals surface area contributed by atoms with Gasteiger partial charge in [-0.15, -0.1) is 0 Å². The Balaban J connectivity index is 3.07. The molecule has 0 radical (unpaired) electrons. The Bertz CT molecular complexity index is 474. The molecule has 218 valence electrons. The van der Waals surface area contributed by atoms with Crippen LogP contribution < -0.4 is 0 Å². The summed E-state index contributed by atoms with van der Waals surface area (Å²) in [4.78, 5) is 9.51. The van der Waals surface area contributed by atoms with Crippen LogP contribution in [0.15, 0.2) is 0 Å². The smallest absolute Gasteiger partial charge is 0.298 e. The minimum atomic E-state index is -2.87. The Kier molecular flexibility index (Phi) is 31.7. The summed E-state index contributed by atoms with van der Waals surface area (Å²) in [7, 11) is 6.17. The predicted octanol–water partition coefficient (Wildman–Crippen LogP) is 13.1. The third kappa shape index (κ3) is 31.4. The van der Waals surface area contributed by atoms with Gasteiger partial charge in [0.1, 0.15) is 0 Å². The molecule has 0 saturated carbocycles. The van der Waals surface area contributed by atoms with Crippen LogP contribution >= 0.6 is 27.8 Å². The Morgan fingerprint density at radius 3 is 0.917 bits per heavy atom. The molecular formula is C30H62Cl2O2PS+. The Morgan fingerprint density at radius 1 is 0.472 bits per heavy atom. The van der Waals surface area contributed by atoms with E-state index in [9.17, 15) is 4.89 Å². The van der Waals surface area contributed by atoms with Gasteiger partial charge >= 0.3 is 16.0 Å². The van der Waals surface area contributed by atoms with E-state index in [0.717, 1.165) is 12.8 Å². The van der Waals surface area contributed by atoms with Gasteiger partial charge in [-0.05, 0) is 6.42 Å². The number of halogens is 2. The minimum absolute atomic E-state index is 0.507. The van der Waals surface area contributed by atoms with Crippen molar-refractivity contribution in [2.24, 2.45) is 0 Å². The van der Waals surface area contributed by atoms with Crippen molar-refractivity contribution in [1.82, 2.24) is 0 Å². The van der Waals surface area contributed by atoms with E-state index in [0.29, 0.717) is 16.8 Å². The van der Waals surface area contributed by atoms with Gasteiger partial charge in [-0.2, -0.15) is 0 Å². The summed E-state index contributed by atoms with van der Waals surface area (Å²) >= 11 is 5.71. The van der Waals surface area contributed by atoms with Crippen LogP contribution in [0.3, 0.4) is 0 Å². The second kappa shape index (κ2) is 30.7. The largest absolute Gasteiger partial charge is 0.493 e. The van der Waals surface area contributed by atoms with Gasteiger partial charge in [-0.1, -0.05) is 180 Å². The number of hydrogen-bond donors (Lipinski definition) is 1. The van der Waals surface area contributed by atoms with E-state index >= 15 is 0 Å². The minimum Gasteiger partial charge on any atom is -0.298 e. The molecule has 0 bridgehead atoms. The first kappa shape index (κ1) is 37.1. The fourth-order valence-corrected chi connectivity index (χ4v) is 6.27. The van der Waals surface area contributed by atoms with Crippen molar-refractivity contribution < 1.29 is 9.42 Å². The molecule has 0 aromatic heterocycles. The zero-order valence-corrected chi connectivity index (χ0v) is 27.2. The monoisotopic (exact) mass is 587 g/mol. The standard InChI is InChI=1S/C30H62Cl2O2PS/c1-2-3-4-5-6-7-8-9-10-11-12-13-14-15-16-17-18-19-20-21-22-23-24-25-26-27-28-29-30-34-35(31,33)36-32/h33H,2-30H2,1H3/q+1. The van der Waals surface area contributed by atoms with Crippen LogP contribution in [0.4, 0.5) is 0 Å². The molecule has 0 aromatic carbocycles. The summed E-state index contributed by atoms with van der Waals surface area (Å²) in [6.45, 7) is 2.81. The maximum absolute atomic E-state index is 9.51. The molecule has 6 heteroatoms. The van der Waals surface area contributed by atoms with Crippen molar-refractivity contribution in [2.75, 3.05) is 6.61 Å². The average molecular weight is 589 g/mol. The molecular weight excluding hydrogens is 526 g/mol. The third-order valence-electron chi connectivity index (χ3n) is 7.33. The van der Waals surface area contributed by atoms with Gasteiger partial charge in [0.2, 0.25) is 0 Å². The van der Waals surface area contributed by atoms with Crippen molar-refractivity contribution in [3.63, 3.8) is 0 Å². The molecule has 0 heterocycles.